The van der Waals surface area contributed by atoms with Gasteiger partial charge in [-0.05, 0) is 26.0 Å². The van der Waals surface area contributed by atoms with E-state index in [4.69, 9.17) is 14.2 Å². The minimum atomic E-state index is -0.960. The van der Waals surface area contributed by atoms with Gasteiger partial charge in [0.2, 0.25) is 0 Å². The molecule has 0 aromatic heterocycles. The normalized spacial score (nSPS) is 12.0. The Balaban J connectivity index is 2.83. The van der Waals surface area contributed by atoms with E-state index < -0.39 is 12.0 Å². The van der Waals surface area contributed by atoms with Crippen LogP contribution in [0.2, 0.25) is 0 Å². The Morgan fingerprint density at radius 2 is 2.10 bits per heavy atom. The highest BCUT2D eigenvalue weighted by Gasteiger charge is 2.24. The SMILES string of the molecule is CCOCCCNC(C(=O)O)c1cccc(OC)c1OC. The van der Waals surface area contributed by atoms with Crippen molar-refractivity contribution in [1.29, 1.82) is 0 Å². The van der Waals surface area contributed by atoms with Crippen LogP contribution in [0.4, 0.5) is 0 Å². The number of carboxylic acid groups (broad SMARTS) is 1. The number of methoxy groups -OCH3 is 2. The second-order valence-electron chi connectivity index (χ2n) is 4.36. The lowest BCUT2D eigenvalue weighted by Gasteiger charge is -2.19. The van der Waals surface area contributed by atoms with Gasteiger partial charge in [0.1, 0.15) is 6.04 Å². The number of aliphatic carboxylic acids is 1. The first-order chi connectivity index (χ1) is 10.2. The van der Waals surface area contributed by atoms with E-state index in [2.05, 4.69) is 5.32 Å². The first kappa shape index (κ1) is 17.3. The first-order valence-corrected chi connectivity index (χ1v) is 6.90. The van der Waals surface area contributed by atoms with E-state index in [-0.39, 0.29) is 0 Å². The van der Waals surface area contributed by atoms with Gasteiger partial charge in [-0.25, -0.2) is 0 Å². The standard InChI is InChI=1S/C15H23NO5/c1-4-21-10-6-9-16-13(15(17)18)11-7-5-8-12(19-2)14(11)20-3/h5,7-8,13,16H,4,6,9-10H2,1-3H3,(H,17,18). The highest BCUT2D eigenvalue weighted by atomic mass is 16.5. The summed E-state index contributed by atoms with van der Waals surface area (Å²) in [4.78, 5) is 11.5. The largest absolute Gasteiger partial charge is 0.493 e. The highest BCUT2D eigenvalue weighted by Crippen LogP contribution is 2.34. The molecule has 0 saturated carbocycles. The maximum Gasteiger partial charge on any atom is 0.325 e. The van der Waals surface area contributed by atoms with Gasteiger partial charge < -0.3 is 24.6 Å². The van der Waals surface area contributed by atoms with Gasteiger partial charge >= 0.3 is 5.97 Å². The summed E-state index contributed by atoms with van der Waals surface area (Å²) in [5.41, 5.74) is 0.542. The number of ether oxygens (including phenoxy) is 3. The Bertz CT molecular complexity index is 450. The van der Waals surface area contributed by atoms with Crippen molar-refractivity contribution in [3.05, 3.63) is 23.8 Å². The Labute approximate surface area is 125 Å². The zero-order chi connectivity index (χ0) is 15.7. The summed E-state index contributed by atoms with van der Waals surface area (Å²) in [6.07, 6.45) is 0.740. The van der Waals surface area contributed by atoms with E-state index in [0.29, 0.717) is 36.8 Å². The number of nitrogens with one attached hydrogen (secondary N) is 1. The van der Waals surface area contributed by atoms with Crippen molar-refractivity contribution in [3.8, 4) is 11.5 Å². The van der Waals surface area contributed by atoms with Crippen LogP contribution in [-0.2, 0) is 9.53 Å². The maximum atomic E-state index is 11.5. The Morgan fingerprint density at radius 3 is 2.67 bits per heavy atom. The Hall–Kier alpha value is -1.79. The Kier molecular flexibility index (Phi) is 7.56. The van der Waals surface area contributed by atoms with E-state index in [1.807, 2.05) is 6.92 Å². The van der Waals surface area contributed by atoms with Crippen molar-refractivity contribution in [2.75, 3.05) is 34.0 Å². The van der Waals surface area contributed by atoms with Crippen molar-refractivity contribution in [1.82, 2.24) is 5.32 Å². The predicted molar refractivity (Wildman–Crippen MR) is 79.0 cm³/mol. The summed E-state index contributed by atoms with van der Waals surface area (Å²) in [7, 11) is 3.02. The topological polar surface area (TPSA) is 77.0 Å². The molecule has 0 bridgehead atoms. The van der Waals surface area contributed by atoms with Gasteiger partial charge in [0, 0.05) is 18.8 Å². The molecule has 0 spiro atoms. The van der Waals surface area contributed by atoms with Crippen LogP contribution in [0.3, 0.4) is 0 Å². The van der Waals surface area contributed by atoms with Crippen LogP contribution in [0.25, 0.3) is 0 Å². The maximum absolute atomic E-state index is 11.5. The summed E-state index contributed by atoms with van der Waals surface area (Å²) in [6.45, 7) is 3.73. The van der Waals surface area contributed by atoms with Crippen LogP contribution in [0, 0.1) is 0 Å². The average molecular weight is 297 g/mol. The molecule has 1 aromatic carbocycles. The van der Waals surface area contributed by atoms with Gasteiger partial charge in [0.25, 0.3) is 0 Å². The Morgan fingerprint density at radius 1 is 1.33 bits per heavy atom. The van der Waals surface area contributed by atoms with E-state index in [9.17, 15) is 9.90 Å². The molecule has 0 radical (unpaired) electrons. The lowest BCUT2D eigenvalue weighted by Crippen LogP contribution is -2.30. The third-order valence-electron chi connectivity index (χ3n) is 3.01. The number of hydrogen-bond donors (Lipinski definition) is 2. The number of hydrogen-bond acceptors (Lipinski definition) is 5. The monoisotopic (exact) mass is 297 g/mol. The molecule has 1 atom stereocenters. The molecule has 118 valence electrons. The molecule has 6 nitrogen and oxygen atoms in total. The highest BCUT2D eigenvalue weighted by molar-refractivity contribution is 5.77. The van der Waals surface area contributed by atoms with Crippen molar-refractivity contribution in [3.63, 3.8) is 0 Å². The summed E-state index contributed by atoms with van der Waals surface area (Å²) < 4.78 is 15.7. The summed E-state index contributed by atoms with van der Waals surface area (Å²) in [5.74, 6) is -0.0139. The van der Waals surface area contributed by atoms with E-state index in [1.54, 1.807) is 18.2 Å². The number of benzene rings is 1. The van der Waals surface area contributed by atoms with Gasteiger partial charge in [-0.15, -0.1) is 0 Å². The van der Waals surface area contributed by atoms with Crippen LogP contribution in [-0.4, -0.2) is 45.1 Å². The molecule has 0 amide bonds. The second kappa shape index (κ2) is 9.20. The smallest absolute Gasteiger partial charge is 0.325 e. The molecule has 0 fully saturated rings. The fraction of sp³-hybridized carbons (Fsp3) is 0.533. The quantitative estimate of drug-likeness (QED) is 0.642. The van der Waals surface area contributed by atoms with Crippen LogP contribution in [0.1, 0.15) is 24.9 Å². The fourth-order valence-electron chi connectivity index (χ4n) is 2.03. The molecule has 1 unspecified atom stereocenters. The van der Waals surface area contributed by atoms with E-state index in [1.165, 1.54) is 14.2 Å². The van der Waals surface area contributed by atoms with Gasteiger partial charge in [-0.3, -0.25) is 4.79 Å². The molecule has 0 aliphatic heterocycles. The molecule has 0 aliphatic rings. The van der Waals surface area contributed by atoms with E-state index >= 15 is 0 Å². The fourth-order valence-corrected chi connectivity index (χ4v) is 2.03. The lowest BCUT2D eigenvalue weighted by atomic mass is 10.0. The third-order valence-corrected chi connectivity index (χ3v) is 3.01. The van der Waals surface area contributed by atoms with Crippen molar-refractivity contribution in [2.45, 2.75) is 19.4 Å². The van der Waals surface area contributed by atoms with Gasteiger partial charge in [-0.2, -0.15) is 0 Å². The van der Waals surface area contributed by atoms with Crippen molar-refractivity contribution in [2.24, 2.45) is 0 Å². The zero-order valence-corrected chi connectivity index (χ0v) is 12.7. The molecule has 1 rings (SSSR count). The number of carboxylic acids is 1. The molecule has 0 heterocycles. The first-order valence-electron chi connectivity index (χ1n) is 6.90. The van der Waals surface area contributed by atoms with Crippen LogP contribution in [0.15, 0.2) is 18.2 Å². The molecule has 0 saturated heterocycles. The van der Waals surface area contributed by atoms with Gasteiger partial charge in [0.05, 0.1) is 14.2 Å². The number of rotatable bonds is 10. The van der Waals surface area contributed by atoms with Crippen molar-refractivity contribution < 1.29 is 24.1 Å². The molecule has 6 heteroatoms. The molecular weight excluding hydrogens is 274 g/mol. The average Bonchev–Trinajstić information content (AvgIpc) is 2.49. The third kappa shape index (κ3) is 4.91. The molecule has 1 aromatic rings. The summed E-state index contributed by atoms with van der Waals surface area (Å²) in [5, 5.41) is 12.4. The number of para-hydroxylation sites is 1. The van der Waals surface area contributed by atoms with Crippen LogP contribution < -0.4 is 14.8 Å². The molecule has 0 aliphatic carbocycles. The summed E-state index contributed by atoms with van der Waals surface area (Å²) >= 11 is 0. The van der Waals surface area contributed by atoms with E-state index in [0.717, 1.165) is 6.42 Å². The number of carbonyl (C=O) groups is 1. The van der Waals surface area contributed by atoms with Gasteiger partial charge in [-0.1, -0.05) is 12.1 Å². The zero-order valence-electron chi connectivity index (χ0n) is 12.7. The van der Waals surface area contributed by atoms with Crippen LogP contribution in [0.5, 0.6) is 11.5 Å². The minimum absolute atomic E-state index is 0.435. The van der Waals surface area contributed by atoms with Gasteiger partial charge in [0.15, 0.2) is 11.5 Å². The second-order valence-corrected chi connectivity index (χ2v) is 4.36. The van der Waals surface area contributed by atoms with Crippen molar-refractivity contribution >= 4 is 5.97 Å². The van der Waals surface area contributed by atoms with Crippen LogP contribution >= 0.6 is 0 Å². The molecule has 21 heavy (non-hydrogen) atoms. The predicted octanol–water partition coefficient (Wildman–Crippen LogP) is 1.85. The molecular formula is C15H23NO5. The molecule has 2 N–H and O–H groups in total. The summed E-state index contributed by atoms with van der Waals surface area (Å²) in [6, 6.07) is 4.34. The lowest BCUT2D eigenvalue weighted by molar-refractivity contribution is -0.139. The minimum Gasteiger partial charge on any atom is -0.493 e.